The molecule has 0 aliphatic carbocycles. The van der Waals surface area contributed by atoms with Crippen LogP contribution in [-0.2, 0) is 15.1 Å². The van der Waals surface area contributed by atoms with Crippen molar-refractivity contribution in [2.24, 2.45) is 5.92 Å². The third-order valence-electron chi connectivity index (χ3n) is 4.56. The average Bonchev–Trinajstić information content (AvgIpc) is 3.02. The van der Waals surface area contributed by atoms with Crippen LogP contribution in [0.25, 0.3) is 0 Å². The topological polar surface area (TPSA) is 49.8 Å². The summed E-state index contributed by atoms with van der Waals surface area (Å²) < 4.78 is 5.28. The maximum Gasteiger partial charge on any atom is 0.228 e. The van der Waals surface area contributed by atoms with Crippen LogP contribution in [0.15, 0.2) is 24.3 Å². The van der Waals surface area contributed by atoms with Gasteiger partial charge in [0.15, 0.2) is 0 Å². The van der Waals surface area contributed by atoms with E-state index in [9.17, 15) is 9.90 Å². The standard InChI is InChI=1S/C16H20ClNO3/c17-14-3-1-13(2-4-14)16(20)6-8-18(9-7-16)15(19)12-5-10-21-11-12/h1-4,12,20H,5-11H2. The Balaban J connectivity index is 1.63. The van der Waals surface area contributed by atoms with Gasteiger partial charge in [0, 0.05) is 24.7 Å². The molecule has 2 aliphatic heterocycles. The summed E-state index contributed by atoms with van der Waals surface area (Å²) >= 11 is 5.89. The highest BCUT2D eigenvalue weighted by Crippen LogP contribution is 2.34. The number of aliphatic hydroxyl groups is 1. The Kier molecular flexibility index (Phi) is 4.20. The summed E-state index contributed by atoms with van der Waals surface area (Å²) in [7, 11) is 0. The van der Waals surface area contributed by atoms with Gasteiger partial charge in [0.2, 0.25) is 5.91 Å². The van der Waals surface area contributed by atoms with E-state index in [0.717, 1.165) is 12.0 Å². The number of carbonyl (C=O) groups is 1. The molecule has 0 radical (unpaired) electrons. The Morgan fingerprint density at radius 3 is 2.52 bits per heavy atom. The van der Waals surface area contributed by atoms with Crippen molar-refractivity contribution in [3.05, 3.63) is 34.9 Å². The van der Waals surface area contributed by atoms with Crippen LogP contribution in [0, 0.1) is 5.92 Å². The minimum atomic E-state index is -0.854. The molecule has 1 aromatic rings. The minimum absolute atomic E-state index is 0.00623. The van der Waals surface area contributed by atoms with Crippen molar-refractivity contribution in [2.75, 3.05) is 26.3 Å². The molecular weight excluding hydrogens is 290 g/mol. The number of piperidine rings is 1. The van der Waals surface area contributed by atoms with E-state index < -0.39 is 5.60 Å². The van der Waals surface area contributed by atoms with E-state index in [2.05, 4.69) is 0 Å². The molecule has 0 bridgehead atoms. The summed E-state index contributed by atoms with van der Waals surface area (Å²) in [5.41, 5.74) is 0.0243. The second-order valence-corrected chi connectivity index (χ2v) is 6.36. The van der Waals surface area contributed by atoms with Crippen LogP contribution >= 0.6 is 11.6 Å². The number of halogens is 1. The van der Waals surface area contributed by atoms with Gasteiger partial charge in [-0.2, -0.15) is 0 Å². The lowest BCUT2D eigenvalue weighted by Gasteiger charge is -2.39. The number of benzene rings is 1. The molecule has 114 valence electrons. The fraction of sp³-hybridized carbons (Fsp3) is 0.562. The van der Waals surface area contributed by atoms with Gasteiger partial charge in [-0.3, -0.25) is 4.79 Å². The van der Waals surface area contributed by atoms with Crippen molar-refractivity contribution in [3.8, 4) is 0 Å². The van der Waals surface area contributed by atoms with Gasteiger partial charge < -0.3 is 14.7 Å². The number of hydrogen-bond donors (Lipinski definition) is 1. The van der Waals surface area contributed by atoms with Crippen molar-refractivity contribution in [1.29, 1.82) is 0 Å². The van der Waals surface area contributed by atoms with Gasteiger partial charge in [-0.1, -0.05) is 23.7 Å². The van der Waals surface area contributed by atoms with E-state index in [4.69, 9.17) is 16.3 Å². The number of likely N-dealkylation sites (tertiary alicyclic amines) is 1. The first-order valence-electron chi connectivity index (χ1n) is 7.43. The number of ether oxygens (including phenoxy) is 1. The summed E-state index contributed by atoms with van der Waals surface area (Å²) in [4.78, 5) is 14.2. The molecule has 0 saturated carbocycles. The molecule has 2 aliphatic rings. The fourth-order valence-electron chi connectivity index (χ4n) is 3.13. The highest BCUT2D eigenvalue weighted by atomic mass is 35.5. The molecule has 1 atom stereocenters. The Morgan fingerprint density at radius 2 is 1.95 bits per heavy atom. The second-order valence-electron chi connectivity index (χ2n) is 5.92. The molecule has 4 nitrogen and oxygen atoms in total. The number of rotatable bonds is 2. The highest BCUT2D eigenvalue weighted by Gasteiger charge is 2.37. The van der Waals surface area contributed by atoms with Crippen LogP contribution in [0.4, 0.5) is 0 Å². The third kappa shape index (κ3) is 3.07. The largest absolute Gasteiger partial charge is 0.385 e. The van der Waals surface area contributed by atoms with Crippen molar-refractivity contribution in [2.45, 2.75) is 24.9 Å². The number of carbonyl (C=O) groups excluding carboxylic acids is 1. The van der Waals surface area contributed by atoms with Crippen molar-refractivity contribution in [3.63, 3.8) is 0 Å². The minimum Gasteiger partial charge on any atom is -0.385 e. The zero-order valence-corrected chi connectivity index (χ0v) is 12.7. The molecule has 5 heteroatoms. The summed E-state index contributed by atoms with van der Waals surface area (Å²) in [6.07, 6.45) is 1.94. The number of nitrogens with zero attached hydrogens (tertiary/aromatic N) is 1. The lowest BCUT2D eigenvalue weighted by Crippen LogP contribution is -2.47. The first kappa shape index (κ1) is 14.8. The maximum atomic E-state index is 12.3. The van der Waals surface area contributed by atoms with Crippen LogP contribution in [0.2, 0.25) is 5.02 Å². The zero-order chi connectivity index (χ0) is 14.9. The molecular formula is C16H20ClNO3. The first-order valence-corrected chi connectivity index (χ1v) is 7.81. The SMILES string of the molecule is O=C(C1CCOC1)N1CCC(O)(c2ccc(Cl)cc2)CC1. The van der Waals surface area contributed by atoms with Crippen LogP contribution < -0.4 is 0 Å². The summed E-state index contributed by atoms with van der Waals surface area (Å²) in [5, 5.41) is 11.5. The first-order chi connectivity index (χ1) is 10.1. The van der Waals surface area contributed by atoms with Crippen LogP contribution in [-0.4, -0.2) is 42.2 Å². The van der Waals surface area contributed by atoms with Gasteiger partial charge in [0.25, 0.3) is 0 Å². The smallest absolute Gasteiger partial charge is 0.228 e. The van der Waals surface area contributed by atoms with Crippen molar-refractivity contribution >= 4 is 17.5 Å². The third-order valence-corrected chi connectivity index (χ3v) is 4.81. The molecule has 2 fully saturated rings. The molecule has 1 amide bonds. The molecule has 3 rings (SSSR count). The van der Waals surface area contributed by atoms with Gasteiger partial charge >= 0.3 is 0 Å². The van der Waals surface area contributed by atoms with Crippen molar-refractivity contribution in [1.82, 2.24) is 4.90 Å². The molecule has 0 spiro atoms. The summed E-state index contributed by atoms with van der Waals surface area (Å²) in [5.74, 6) is 0.178. The molecule has 1 N–H and O–H groups in total. The van der Waals surface area contributed by atoms with E-state index in [1.807, 2.05) is 17.0 Å². The van der Waals surface area contributed by atoms with E-state index >= 15 is 0 Å². The van der Waals surface area contributed by atoms with Gasteiger partial charge in [-0.25, -0.2) is 0 Å². The molecule has 2 saturated heterocycles. The van der Waals surface area contributed by atoms with E-state index in [1.54, 1.807) is 12.1 Å². The van der Waals surface area contributed by atoms with Gasteiger partial charge in [0.05, 0.1) is 18.1 Å². The average molecular weight is 310 g/mol. The van der Waals surface area contributed by atoms with Crippen LogP contribution in [0.3, 0.4) is 0 Å². The lowest BCUT2D eigenvalue weighted by atomic mass is 9.84. The van der Waals surface area contributed by atoms with Crippen molar-refractivity contribution < 1.29 is 14.6 Å². The number of hydrogen-bond acceptors (Lipinski definition) is 3. The predicted molar refractivity (Wildman–Crippen MR) is 80.1 cm³/mol. The Bertz CT molecular complexity index is 503. The molecule has 2 heterocycles. The Labute approximate surface area is 129 Å². The van der Waals surface area contributed by atoms with Gasteiger partial charge in [0.1, 0.15) is 0 Å². The number of amides is 1. The summed E-state index contributed by atoms with van der Waals surface area (Å²) in [6.45, 7) is 2.40. The summed E-state index contributed by atoms with van der Waals surface area (Å²) in [6, 6.07) is 7.32. The molecule has 1 unspecified atom stereocenters. The van der Waals surface area contributed by atoms with Crippen LogP contribution in [0.5, 0.6) is 0 Å². The second kappa shape index (κ2) is 5.95. The van der Waals surface area contributed by atoms with Crippen LogP contribution in [0.1, 0.15) is 24.8 Å². The highest BCUT2D eigenvalue weighted by molar-refractivity contribution is 6.30. The zero-order valence-electron chi connectivity index (χ0n) is 11.9. The Hall–Kier alpha value is -1.10. The Morgan fingerprint density at radius 1 is 1.29 bits per heavy atom. The molecule has 1 aromatic carbocycles. The van der Waals surface area contributed by atoms with E-state index in [0.29, 0.717) is 44.2 Å². The normalized spacial score (nSPS) is 25.0. The van der Waals surface area contributed by atoms with E-state index in [-0.39, 0.29) is 11.8 Å². The quantitative estimate of drug-likeness (QED) is 0.911. The predicted octanol–water partition coefficient (Wildman–Crippen LogP) is 2.19. The fourth-order valence-corrected chi connectivity index (χ4v) is 3.26. The lowest BCUT2D eigenvalue weighted by molar-refractivity contribution is -0.140. The molecule has 21 heavy (non-hydrogen) atoms. The maximum absolute atomic E-state index is 12.3. The van der Waals surface area contributed by atoms with Gasteiger partial charge in [-0.05, 0) is 37.0 Å². The van der Waals surface area contributed by atoms with E-state index in [1.165, 1.54) is 0 Å². The molecule has 0 aromatic heterocycles. The van der Waals surface area contributed by atoms with Gasteiger partial charge in [-0.15, -0.1) is 0 Å². The monoisotopic (exact) mass is 309 g/mol.